The molecule has 0 spiro atoms. The van der Waals surface area contributed by atoms with Gasteiger partial charge < -0.3 is 10.4 Å². The number of nitrogens with one attached hydrogen (secondary N) is 2. The Morgan fingerprint density at radius 1 is 1.56 bits per heavy atom. The largest absolute Gasteiger partial charge is 0.394 e. The van der Waals surface area contributed by atoms with E-state index in [0.29, 0.717) is 0 Å². The molecule has 4 heteroatoms. The summed E-state index contributed by atoms with van der Waals surface area (Å²) in [6, 6.07) is 1.96. The average molecular weight is 223 g/mol. The second kappa shape index (κ2) is 4.97. The number of aliphatic hydroxyl groups excluding tert-OH is 1. The van der Waals surface area contributed by atoms with Crippen molar-refractivity contribution in [2.24, 2.45) is 5.92 Å². The highest BCUT2D eigenvalue weighted by Crippen LogP contribution is 2.31. The fourth-order valence-corrected chi connectivity index (χ4v) is 2.37. The van der Waals surface area contributed by atoms with Crippen molar-refractivity contribution >= 4 is 0 Å². The van der Waals surface area contributed by atoms with Crippen molar-refractivity contribution < 1.29 is 5.11 Å². The molecule has 1 aliphatic carbocycles. The minimum absolute atomic E-state index is 0.0718. The quantitative estimate of drug-likeness (QED) is 0.724. The zero-order chi connectivity index (χ0) is 11.4. The van der Waals surface area contributed by atoms with Gasteiger partial charge in [-0.2, -0.15) is 5.10 Å². The molecule has 0 radical (unpaired) electrons. The van der Waals surface area contributed by atoms with Gasteiger partial charge in [0.25, 0.3) is 0 Å². The summed E-state index contributed by atoms with van der Waals surface area (Å²) in [7, 11) is 0. The van der Waals surface area contributed by atoms with Crippen LogP contribution < -0.4 is 5.32 Å². The summed E-state index contributed by atoms with van der Waals surface area (Å²) in [5, 5.41) is 19.9. The number of aromatic amines is 1. The molecule has 1 heterocycles. The minimum atomic E-state index is -0.0718. The first kappa shape index (κ1) is 11.6. The standard InChI is InChI=1S/C12H21N3O/c1-10-2-5-12(9-16,6-3-10)13-8-11-4-7-14-15-11/h4,7,10,13,16H,2-3,5-6,8-9H2,1H3,(H,14,15). The zero-order valence-electron chi connectivity index (χ0n) is 9.87. The molecule has 0 aromatic carbocycles. The van der Waals surface area contributed by atoms with Gasteiger partial charge in [0.2, 0.25) is 0 Å². The number of H-pyrrole nitrogens is 1. The second-order valence-corrected chi connectivity index (χ2v) is 5.06. The van der Waals surface area contributed by atoms with E-state index in [1.165, 1.54) is 12.8 Å². The Balaban J connectivity index is 1.89. The van der Waals surface area contributed by atoms with Gasteiger partial charge in [-0.15, -0.1) is 0 Å². The molecule has 3 N–H and O–H groups in total. The van der Waals surface area contributed by atoms with E-state index in [9.17, 15) is 5.11 Å². The normalized spacial score (nSPS) is 30.5. The first-order valence-electron chi connectivity index (χ1n) is 6.08. The van der Waals surface area contributed by atoms with Crippen LogP contribution in [0.25, 0.3) is 0 Å². The number of aliphatic hydroxyl groups is 1. The summed E-state index contributed by atoms with van der Waals surface area (Å²) in [5.41, 5.74) is 1.00. The average Bonchev–Trinajstić information content (AvgIpc) is 2.82. The number of aromatic nitrogens is 2. The molecule has 2 rings (SSSR count). The van der Waals surface area contributed by atoms with E-state index in [4.69, 9.17) is 0 Å². The number of nitrogens with zero attached hydrogens (tertiary/aromatic N) is 1. The number of hydrogen-bond donors (Lipinski definition) is 3. The maximum Gasteiger partial charge on any atom is 0.0613 e. The van der Waals surface area contributed by atoms with Crippen LogP contribution in [0.4, 0.5) is 0 Å². The highest BCUT2D eigenvalue weighted by Gasteiger charge is 2.32. The van der Waals surface area contributed by atoms with Gasteiger partial charge in [-0.25, -0.2) is 0 Å². The summed E-state index contributed by atoms with van der Waals surface area (Å²) in [5.74, 6) is 0.800. The van der Waals surface area contributed by atoms with Crippen molar-refractivity contribution in [1.29, 1.82) is 0 Å². The maximum absolute atomic E-state index is 9.57. The first-order chi connectivity index (χ1) is 7.74. The molecular weight excluding hydrogens is 202 g/mol. The van der Waals surface area contributed by atoms with E-state index in [1.54, 1.807) is 6.20 Å². The van der Waals surface area contributed by atoms with Crippen LogP contribution in [-0.4, -0.2) is 27.4 Å². The first-order valence-corrected chi connectivity index (χ1v) is 6.08. The van der Waals surface area contributed by atoms with Gasteiger partial charge in [-0.05, 0) is 37.7 Å². The lowest BCUT2D eigenvalue weighted by Crippen LogP contribution is -2.50. The summed E-state index contributed by atoms with van der Waals surface area (Å²) in [4.78, 5) is 0. The highest BCUT2D eigenvalue weighted by molar-refractivity contribution is 5.00. The molecular formula is C12H21N3O. The Kier molecular flexibility index (Phi) is 3.61. The number of hydrogen-bond acceptors (Lipinski definition) is 3. The molecule has 0 unspecified atom stereocenters. The van der Waals surface area contributed by atoms with Crippen molar-refractivity contribution in [3.8, 4) is 0 Å². The van der Waals surface area contributed by atoms with Gasteiger partial charge >= 0.3 is 0 Å². The smallest absolute Gasteiger partial charge is 0.0613 e. The van der Waals surface area contributed by atoms with Crippen LogP contribution in [0.3, 0.4) is 0 Å². The van der Waals surface area contributed by atoms with E-state index in [-0.39, 0.29) is 12.1 Å². The Morgan fingerprint density at radius 2 is 2.31 bits per heavy atom. The Bertz CT molecular complexity index is 302. The van der Waals surface area contributed by atoms with Crippen molar-refractivity contribution in [2.45, 2.75) is 44.7 Å². The molecule has 0 atom stereocenters. The molecule has 16 heavy (non-hydrogen) atoms. The fraction of sp³-hybridized carbons (Fsp3) is 0.750. The molecule has 1 fully saturated rings. The van der Waals surface area contributed by atoms with Crippen LogP contribution >= 0.6 is 0 Å². The third-order valence-corrected chi connectivity index (χ3v) is 3.75. The Hall–Kier alpha value is -0.870. The fourth-order valence-electron chi connectivity index (χ4n) is 2.37. The van der Waals surface area contributed by atoms with E-state index in [0.717, 1.165) is 31.0 Å². The van der Waals surface area contributed by atoms with E-state index in [2.05, 4.69) is 22.4 Å². The van der Waals surface area contributed by atoms with E-state index < -0.39 is 0 Å². The lowest BCUT2D eigenvalue weighted by Gasteiger charge is -2.38. The second-order valence-electron chi connectivity index (χ2n) is 5.06. The van der Waals surface area contributed by atoms with Crippen molar-refractivity contribution in [1.82, 2.24) is 15.5 Å². The summed E-state index contributed by atoms with van der Waals surface area (Å²) >= 11 is 0. The van der Waals surface area contributed by atoms with Crippen molar-refractivity contribution in [3.05, 3.63) is 18.0 Å². The summed E-state index contributed by atoms with van der Waals surface area (Å²) in [6.45, 7) is 3.28. The number of rotatable bonds is 4. The monoisotopic (exact) mass is 223 g/mol. The van der Waals surface area contributed by atoms with Crippen LogP contribution in [0.5, 0.6) is 0 Å². The molecule has 0 saturated heterocycles. The topological polar surface area (TPSA) is 60.9 Å². The van der Waals surface area contributed by atoms with E-state index >= 15 is 0 Å². The SMILES string of the molecule is CC1CCC(CO)(NCc2ccn[nH]2)CC1. The molecule has 1 aromatic heterocycles. The van der Waals surface area contributed by atoms with Crippen molar-refractivity contribution in [3.63, 3.8) is 0 Å². The third-order valence-electron chi connectivity index (χ3n) is 3.75. The molecule has 1 aliphatic rings. The highest BCUT2D eigenvalue weighted by atomic mass is 16.3. The maximum atomic E-state index is 9.57. The van der Waals surface area contributed by atoms with Crippen LogP contribution in [0.1, 0.15) is 38.3 Å². The van der Waals surface area contributed by atoms with Crippen LogP contribution in [0, 0.1) is 5.92 Å². The van der Waals surface area contributed by atoms with Gasteiger partial charge in [0.05, 0.1) is 6.61 Å². The van der Waals surface area contributed by atoms with Gasteiger partial charge in [0.1, 0.15) is 0 Å². The summed E-state index contributed by atoms with van der Waals surface area (Å²) in [6.07, 6.45) is 6.30. The molecule has 0 bridgehead atoms. The van der Waals surface area contributed by atoms with Gasteiger partial charge in [-0.1, -0.05) is 6.92 Å². The molecule has 4 nitrogen and oxygen atoms in total. The predicted octanol–water partition coefficient (Wildman–Crippen LogP) is 1.44. The van der Waals surface area contributed by atoms with E-state index in [1.807, 2.05) is 6.07 Å². The Labute approximate surface area is 96.5 Å². The summed E-state index contributed by atoms with van der Waals surface area (Å²) < 4.78 is 0. The predicted molar refractivity (Wildman–Crippen MR) is 62.9 cm³/mol. The Morgan fingerprint density at radius 3 is 2.88 bits per heavy atom. The van der Waals surface area contributed by atoms with Gasteiger partial charge in [0.15, 0.2) is 0 Å². The minimum Gasteiger partial charge on any atom is -0.394 e. The zero-order valence-corrected chi connectivity index (χ0v) is 9.87. The van der Waals surface area contributed by atoms with Crippen LogP contribution in [0.2, 0.25) is 0 Å². The lowest BCUT2D eigenvalue weighted by atomic mass is 9.77. The van der Waals surface area contributed by atoms with Crippen molar-refractivity contribution in [2.75, 3.05) is 6.61 Å². The van der Waals surface area contributed by atoms with Crippen LogP contribution in [-0.2, 0) is 6.54 Å². The molecule has 0 amide bonds. The third kappa shape index (κ3) is 2.62. The van der Waals surface area contributed by atoms with Crippen LogP contribution in [0.15, 0.2) is 12.3 Å². The van der Waals surface area contributed by atoms with Gasteiger partial charge in [-0.3, -0.25) is 5.10 Å². The molecule has 1 aromatic rings. The molecule has 0 aliphatic heterocycles. The molecule has 1 saturated carbocycles. The van der Waals surface area contributed by atoms with Gasteiger partial charge in [0, 0.05) is 24.0 Å². The lowest BCUT2D eigenvalue weighted by molar-refractivity contribution is 0.104. The molecule has 90 valence electrons.